The molecule has 6 heteroatoms. The van der Waals surface area contributed by atoms with Gasteiger partial charge in [0.05, 0.1) is 12.5 Å². The Labute approximate surface area is 120 Å². The Morgan fingerprint density at radius 2 is 2.25 bits per heavy atom. The Balaban J connectivity index is 2.07. The first-order valence-corrected chi connectivity index (χ1v) is 7.54. The first-order chi connectivity index (χ1) is 9.69. The molecule has 3 unspecified atom stereocenters. The van der Waals surface area contributed by atoms with Crippen molar-refractivity contribution in [3.05, 3.63) is 11.7 Å². The average molecular weight is 282 g/mol. The third kappa shape index (κ3) is 3.37. The van der Waals surface area contributed by atoms with Crippen LogP contribution in [-0.2, 0) is 4.74 Å². The minimum Gasteiger partial charge on any atom is -0.367 e. The van der Waals surface area contributed by atoms with Crippen LogP contribution in [0.4, 0.5) is 0 Å². The van der Waals surface area contributed by atoms with Crippen LogP contribution in [0.3, 0.4) is 0 Å². The maximum atomic E-state index is 5.77. The van der Waals surface area contributed by atoms with Crippen molar-refractivity contribution in [2.24, 2.45) is 0 Å². The number of nitrogens with one attached hydrogen (secondary N) is 1. The van der Waals surface area contributed by atoms with Gasteiger partial charge in [-0.3, -0.25) is 4.90 Å². The fourth-order valence-corrected chi connectivity index (χ4v) is 2.62. The summed E-state index contributed by atoms with van der Waals surface area (Å²) in [7, 11) is 1.95. The van der Waals surface area contributed by atoms with Crippen LogP contribution < -0.4 is 5.32 Å². The van der Waals surface area contributed by atoms with E-state index in [0.717, 1.165) is 32.7 Å². The monoisotopic (exact) mass is 282 g/mol. The molecule has 1 aliphatic heterocycles. The number of hydrogen-bond acceptors (Lipinski definition) is 6. The molecule has 2 rings (SSSR count). The van der Waals surface area contributed by atoms with Crippen LogP contribution in [0.15, 0.2) is 4.52 Å². The van der Waals surface area contributed by atoms with Crippen LogP contribution in [0, 0.1) is 0 Å². The number of hydrogen-bond donors (Lipinski definition) is 1. The molecule has 0 amide bonds. The molecule has 0 spiro atoms. The summed E-state index contributed by atoms with van der Waals surface area (Å²) in [5.41, 5.74) is 0. The van der Waals surface area contributed by atoms with E-state index < -0.39 is 0 Å². The Hall–Kier alpha value is -0.980. The van der Waals surface area contributed by atoms with Crippen LogP contribution in [0.1, 0.15) is 50.9 Å². The summed E-state index contributed by atoms with van der Waals surface area (Å²) in [5, 5.41) is 7.38. The van der Waals surface area contributed by atoms with E-state index >= 15 is 0 Å². The van der Waals surface area contributed by atoms with Gasteiger partial charge in [-0.2, -0.15) is 4.98 Å². The fourth-order valence-electron chi connectivity index (χ4n) is 2.62. The SMILES string of the molecule is CCC(c1nc(C2CN(CC)CCO2)no1)C(C)NC. The normalized spacial score (nSPS) is 23.7. The van der Waals surface area contributed by atoms with Crippen molar-refractivity contribution in [1.29, 1.82) is 0 Å². The molecule has 3 atom stereocenters. The molecule has 1 saturated heterocycles. The van der Waals surface area contributed by atoms with Crippen molar-refractivity contribution in [2.45, 2.75) is 45.3 Å². The second-order valence-corrected chi connectivity index (χ2v) is 5.34. The van der Waals surface area contributed by atoms with E-state index in [1.807, 2.05) is 7.05 Å². The lowest BCUT2D eigenvalue weighted by Crippen LogP contribution is -2.38. The van der Waals surface area contributed by atoms with Crippen LogP contribution in [-0.4, -0.2) is 54.4 Å². The summed E-state index contributed by atoms with van der Waals surface area (Å²) in [6.07, 6.45) is 0.902. The Morgan fingerprint density at radius 3 is 2.90 bits per heavy atom. The quantitative estimate of drug-likeness (QED) is 0.854. The number of likely N-dealkylation sites (N-methyl/N-ethyl adjacent to an activating group) is 2. The second kappa shape index (κ2) is 7.15. The van der Waals surface area contributed by atoms with E-state index in [-0.39, 0.29) is 12.0 Å². The molecule has 20 heavy (non-hydrogen) atoms. The van der Waals surface area contributed by atoms with Crippen LogP contribution in [0.2, 0.25) is 0 Å². The number of rotatable bonds is 6. The highest BCUT2D eigenvalue weighted by Gasteiger charge is 2.28. The molecule has 1 aromatic rings. The third-order valence-corrected chi connectivity index (χ3v) is 4.16. The highest BCUT2D eigenvalue weighted by atomic mass is 16.5. The molecule has 1 aliphatic rings. The predicted octanol–water partition coefficient (Wildman–Crippen LogP) is 1.56. The molecule has 0 bridgehead atoms. The molecular weight excluding hydrogens is 256 g/mol. The predicted molar refractivity (Wildman–Crippen MR) is 76.7 cm³/mol. The molecule has 2 heterocycles. The molecular formula is C14H26N4O2. The second-order valence-electron chi connectivity index (χ2n) is 5.34. The van der Waals surface area contributed by atoms with E-state index in [1.165, 1.54) is 0 Å². The van der Waals surface area contributed by atoms with Crippen molar-refractivity contribution in [2.75, 3.05) is 33.3 Å². The van der Waals surface area contributed by atoms with Gasteiger partial charge >= 0.3 is 0 Å². The van der Waals surface area contributed by atoms with Gasteiger partial charge in [-0.15, -0.1) is 0 Å². The van der Waals surface area contributed by atoms with E-state index in [2.05, 4.69) is 41.1 Å². The topological polar surface area (TPSA) is 63.4 Å². The molecule has 0 saturated carbocycles. The van der Waals surface area contributed by atoms with Crippen molar-refractivity contribution < 1.29 is 9.26 Å². The maximum Gasteiger partial charge on any atom is 0.231 e. The zero-order chi connectivity index (χ0) is 14.5. The minimum absolute atomic E-state index is 0.0661. The number of ether oxygens (including phenoxy) is 1. The van der Waals surface area contributed by atoms with Gasteiger partial charge in [0.25, 0.3) is 0 Å². The maximum absolute atomic E-state index is 5.77. The average Bonchev–Trinajstić information content (AvgIpc) is 2.97. The molecule has 6 nitrogen and oxygen atoms in total. The highest BCUT2D eigenvalue weighted by Crippen LogP contribution is 2.25. The first kappa shape index (κ1) is 15.4. The summed E-state index contributed by atoms with van der Waals surface area (Å²) in [6.45, 7) is 10.0. The van der Waals surface area contributed by atoms with Crippen LogP contribution >= 0.6 is 0 Å². The highest BCUT2D eigenvalue weighted by molar-refractivity contribution is 5.00. The van der Waals surface area contributed by atoms with Gasteiger partial charge in [0.2, 0.25) is 11.7 Å². The van der Waals surface area contributed by atoms with E-state index in [9.17, 15) is 0 Å². The lowest BCUT2D eigenvalue weighted by molar-refractivity contribution is -0.0334. The van der Waals surface area contributed by atoms with Crippen molar-refractivity contribution in [1.82, 2.24) is 20.4 Å². The summed E-state index contributed by atoms with van der Waals surface area (Å²) in [6, 6.07) is 0.313. The zero-order valence-corrected chi connectivity index (χ0v) is 12.9. The number of nitrogens with zero attached hydrogens (tertiary/aromatic N) is 3. The largest absolute Gasteiger partial charge is 0.367 e. The van der Waals surface area contributed by atoms with Gasteiger partial charge in [0.15, 0.2) is 0 Å². The molecule has 0 aliphatic carbocycles. The number of aromatic nitrogens is 2. The third-order valence-electron chi connectivity index (χ3n) is 4.16. The zero-order valence-electron chi connectivity index (χ0n) is 12.9. The molecule has 0 radical (unpaired) electrons. The Kier molecular flexibility index (Phi) is 5.51. The van der Waals surface area contributed by atoms with Crippen LogP contribution in [0.5, 0.6) is 0 Å². The summed E-state index contributed by atoms with van der Waals surface area (Å²) in [5.74, 6) is 1.63. The van der Waals surface area contributed by atoms with E-state index in [0.29, 0.717) is 17.8 Å². The molecule has 1 fully saturated rings. The van der Waals surface area contributed by atoms with Crippen molar-refractivity contribution in [3.8, 4) is 0 Å². The standard InChI is InChI=1S/C14H26N4O2/c1-5-11(10(3)15-4)14-16-13(17-20-14)12-9-18(6-2)7-8-19-12/h10-12,15H,5-9H2,1-4H3. The van der Waals surface area contributed by atoms with Gasteiger partial charge in [0.1, 0.15) is 6.10 Å². The fraction of sp³-hybridized carbons (Fsp3) is 0.857. The van der Waals surface area contributed by atoms with E-state index in [1.54, 1.807) is 0 Å². The van der Waals surface area contributed by atoms with E-state index in [4.69, 9.17) is 9.26 Å². The van der Waals surface area contributed by atoms with Gasteiger partial charge in [-0.1, -0.05) is 19.0 Å². The molecule has 1 N–H and O–H groups in total. The first-order valence-electron chi connectivity index (χ1n) is 7.54. The van der Waals surface area contributed by atoms with Crippen LogP contribution in [0.25, 0.3) is 0 Å². The minimum atomic E-state index is -0.0661. The lowest BCUT2D eigenvalue weighted by atomic mass is 9.98. The Morgan fingerprint density at radius 1 is 1.45 bits per heavy atom. The molecule has 114 valence electrons. The van der Waals surface area contributed by atoms with Gasteiger partial charge in [0, 0.05) is 19.1 Å². The number of morpholine rings is 1. The van der Waals surface area contributed by atoms with Crippen molar-refractivity contribution >= 4 is 0 Å². The molecule has 0 aromatic carbocycles. The smallest absolute Gasteiger partial charge is 0.231 e. The lowest BCUT2D eigenvalue weighted by Gasteiger charge is -2.30. The Bertz CT molecular complexity index is 410. The summed E-state index contributed by atoms with van der Waals surface area (Å²) in [4.78, 5) is 6.92. The summed E-state index contributed by atoms with van der Waals surface area (Å²) >= 11 is 0. The van der Waals surface area contributed by atoms with Gasteiger partial charge in [-0.25, -0.2) is 0 Å². The van der Waals surface area contributed by atoms with Gasteiger partial charge in [-0.05, 0) is 26.9 Å². The van der Waals surface area contributed by atoms with Gasteiger partial charge < -0.3 is 14.6 Å². The summed E-state index contributed by atoms with van der Waals surface area (Å²) < 4.78 is 11.2. The van der Waals surface area contributed by atoms with Crippen molar-refractivity contribution in [3.63, 3.8) is 0 Å². The molecule has 1 aromatic heterocycles.